The van der Waals surface area contributed by atoms with Crippen molar-refractivity contribution in [1.82, 2.24) is 0 Å². The molecule has 13 heavy (non-hydrogen) atoms. The summed E-state index contributed by atoms with van der Waals surface area (Å²) in [4.78, 5) is 0. The van der Waals surface area contributed by atoms with Crippen LogP contribution in [0.2, 0.25) is 0 Å². The van der Waals surface area contributed by atoms with Gasteiger partial charge in [0.1, 0.15) is 0 Å². The van der Waals surface area contributed by atoms with Crippen LogP contribution in [0.1, 0.15) is 5.56 Å². The molecule has 0 atom stereocenters. The summed E-state index contributed by atoms with van der Waals surface area (Å²) in [5, 5.41) is 5.95. The molecular weight excluding hydrogens is 162 g/mol. The van der Waals surface area contributed by atoms with Crippen molar-refractivity contribution in [3.63, 3.8) is 0 Å². The van der Waals surface area contributed by atoms with Crippen molar-refractivity contribution < 1.29 is 0 Å². The number of fused-ring (bicyclic) bond motifs is 1. The van der Waals surface area contributed by atoms with Gasteiger partial charge in [-0.1, -0.05) is 24.3 Å². The van der Waals surface area contributed by atoms with E-state index in [4.69, 9.17) is 5.73 Å². The van der Waals surface area contributed by atoms with E-state index in [1.807, 2.05) is 36.4 Å². The summed E-state index contributed by atoms with van der Waals surface area (Å²) in [6.45, 7) is 0.398. The second kappa shape index (κ2) is 3.41. The largest absolute Gasteiger partial charge is 0.312 e. The van der Waals surface area contributed by atoms with Crippen LogP contribution in [-0.4, -0.2) is 12.9 Å². The number of hydrazone groups is 1. The van der Waals surface area contributed by atoms with Gasteiger partial charge in [-0.15, -0.1) is 0 Å². The number of para-hydroxylation sites is 1. The van der Waals surface area contributed by atoms with E-state index in [2.05, 4.69) is 5.10 Å². The minimum atomic E-state index is 0.398. The Morgan fingerprint density at radius 1 is 1.31 bits per heavy atom. The van der Waals surface area contributed by atoms with E-state index in [0.717, 1.165) is 11.3 Å². The predicted molar refractivity (Wildman–Crippen MR) is 55.5 cm³/mol. The van der Waals surface area contributed by atoms with Gasteiger partial charge in [-0.05, 0) is 17.7 Å². The fraction of sp³-hybridized carbons (Fsp3) is 0.100. The molecule has 0 unspecified atom stereocenters. The first kappa shape index (κ1) is 8.01. The van der Waals surface area contributed by atoms with Gasteiger partial charge in [0.15, 0.2) is 0 Å². The van der Waals surface area contributed by atoms with Crippen LogP contribution in [0.4, 0.5) is 5.69 Å². The number of hydrogen-bond acceptors (Lipinski definition) is 3. The SMILES string of the molecule is NCN1N=CC=Cc2ccccc21. The number of rotatable bonds is 1. The fourth-order valence-electron chi connectivity index (χ4n) is 1.34. The number of nitrogens with zero attached hydrogens (tertiary/aromatic N) is 2. The van der Waals surface area contributed by atoms with E-state index >= 15 is 0 Å². The Labute approximate surface area is 77.2 Å². The summed E-state index contributed by atoms with van der Waals surface area (Å²) < 4.78 is 0. The van der Waals surface area contributed by atoms with Crippen molar-refractivity contribution in [3.05, 3.63) is 35.9 Å². The van der Waals surface area contributed by atoms with Crippen LogP contribution in [0, 0.1) is 0 Å². The van der Waals surface area contributed by atoms with Crippen LogP contribution in [0.3, 0.4) is 0 Å². The maximum atomic E-state index is 5.57. The van der Waals surface area contributed by atoms with Crippen molar-refractivity contribution in [2.45, 2.75) is 0 Å². The van der Waals surface area contributed by atoms with Crippen LogP contribution >= 0.6 is 0 Å². The minimum absolute atomic E-state index is 0.398. The molecule has 0 amide bonds. The lowest BCUT2D eigenvalue weighted by atomic mass is 10.1. The first-order chi connectivity index (χ1) is 6.42. The van der Waals surface area contributed by atoms with Crippen LogP contribution < -0.4 is 10.7 Å². The zero-order valence-electron chi connectivity index (χ0n) is 7.22. The number of benzene rings is 1. The molecule has 0 radical (unpaired) electrons. The van der Waals surface area contributed by atoms with Crippen molar-refractivity contribution in [2.75, 3.05) is 11.7 Å². The number of nitrogens with two attached hydrogens (primary N) is 1. The Hall–Kier alpha value is -1.61. The van der Waals surface area contributed by atoms with Gasteiger partial charge in [-0.25, -0.2) is 0 Å². The zero-order valence-corrected chi connectivity index (χ0v) is 7.22. The Morgan fingerprint density at radius 2 is 2.15 bits per heavy atom. The summed E-state index contributed by atoms with van der Waals surface area (Å²) in [6.07, 6.45) is 5.68. The smallest absolute Gasteiger partial charge is 0.0886 e. The first-order valence-corrected chi connectivity index (χ1v) is 4.19. The second-order valence-corrected chi connectivity index (χ2v) is 2.76. The monoisotopic (exact) mass is 173 g/mol. The summed E-state index contributed by atoms with van der Waals surface area (Å²) in [5.74, 6) is 0. The zero-order chi connectivity index (χ0) is 9.10. The van der Waals surface area contributed by atoms with Crippen molar-refractivity contribution in [1.29, 1.82) is 0 Å². The number of anilines is 1. The lowest BCUT2D eigenvalue weighted by Crippen LogP contribution is -2.24. The lowest BCUT2D eigenvalue weighted by molar-refractivity contribution is 0.871. The number of hydrogen-bond donors (Lipinski definition) is 1. The third-order valence-corrected chi connectivity index (χ3v) is 1.96. The maximum Gasteiger partial charge on any atom is 0.0886 e. The number of allylic oxidation sites excluding steroid dienone is 1. The predicted octanol–water partition coefficient (Wildman–Crippen LogP) is 1.42. The van der Waals surface area contributed by atoms with Crippen LogP contribution in [0.25, 0.3) is 6.08 Å². The fourth-order valence-corrected chi connectivity index (χ4v) is 1.34. The lowest BCUT2D eigenvalue weighted by Gasteiger charge is -2.17. The highest BCUT2D eigenvalue weighted by molar-refractivity contribution is 5.84. The molecule has 0 saturated heterocycles. The van der Waals surface area contributed by atoms with Gasteiger partial charge in [0.2, 0.25) is 0 Å². The van der Waals surface area contributed by atoms with Gasteiger partial charge >= 0.3 is 0 Å². The molecule has 0 spiro atoms. The van der Waals surface area contributed by atoms with Gasteiger partial charge in [-0.2, -0.15) is 5.10 Å². The van der Waals surface area contributed by atoms with E-state index in [0.29, 0.717) is 6.67 Å². The van der Waals surface area contributed by atoms with E-state index in [-0.39, 0.29) is 0 Å². The maximum absolute atomic E-state index is 5.57. The molecular formula is C10H11N3. The van der Waals surface area contributed by atoms with Crippen molar-refractivity contribution in [3.8, 4) is 0 Å². The molecule has 0 aliphatic carbocycles. The third kappa shape index (κ3) is 1.46. The molecule has 1 aliphatic rings. The molecule has 1 aromatic rings. The van der Waals surface area contributed by atoms with Crippen LogP contribution in [0.5, 0.6) is 0 Å². The molecule has 0 saturated carbocycles. The molecule has 1 aromatic carbocycles. The second-order valence-electron chi connectivity index (χ2n) is 2.76. The van der Waals surface area contributed by atoms with Crippen LogP contribution in [-0.2, 0) is 0 Å². The summed E-state index contributed by atoms with van der Waals surface area (Å²) >= 11 is 0. The normalized spacial score (nSPS) is 14.1. The van der Waals surface area contributed by atoms with Gasteiger partial charge in [-0.3, -0.25) is 5.01 Å². The summed E-state index contributed by atoms with van der Waals surface area (Å²) in [7, 11) is 0. The standard InChI is InChI=1S/C10H11N3/c11-8-13-10-6-2-1-4-9(10)5-3-7-12-13/h1-7H,8,11H2. The summed E-state index contributed by atoms with van der Waals surface area (Å²) in [6, 6.07) is 8.04. The Bertz CT molecular complexity index is 355. The molecule has 2 N–H and O–H groups in total. The minimum Gasteiger partial charge on any atom is -0.312 e. The molecule has 3 heteroatoms. The van der Waals surface area contributed by atoms with E-state index in [9.17, 15) is 0 Å². The molecule has 1 aliphatic heterocycles. The molecule has 2 rings (SSSR count). The summed E-state index contributed by atoms with van der Waals surface area (Å²) in [5.41, 5.74) is 7.77. The average molecular weight is 173 g/mol. The Kier molecular flexibility index (Phi) is 2.10. The highest BCUT2D eigenvalue weighted by atomic mass is 15.5. The van der Waals surface area contributed by atoms with E-state index < -0.39 is 0 Å². The first-order valence-electron chi connectivity index (χ1n) is 4.19. The third-order valence-electron chi connectivity index (χ3n) is 1.96. The van der Waals surface area contributed by atoms with E-state index in [1.165, 1.54) is 0 Å². The molecule has 3 nitrogen and oxygen atoms in total. The topological polar surface area (TPSA) is 41.6 Å². The molecule has 0 fully saturated rings. The molecule has 0 bridgehead atoms. The van der Waals surface area contributed by atoms with Gasteiger partial charge in [0.25, 0.3) is 0 Å². The Morgan fingerprint density at radius 3 is 3.00 bits per heavy atom. The van der Waals surface area contributed by atoms with Crippen molar-refractivity contribution >= 4 is 18.0 Å². The van der Waals surface area contributed by atoms with Gasteiger partial charge in [0, 0.05) is 6.21 Å². The van der Waals surface area contributed by atoms with Gasteiger partial charge in [0.05, 0.1) is 12.4 Å². The molecule has 66 valence electrons. The highest BCUT2D eigenvalue weighted by Gasteiger charge is 2.06. The highest BCUT2D eigenvalue weighted by Crippen LogP contribution is 2.22. The van der Waals surface area contributed by atoms with Crippen molar-refractivity contribution in [2.24, 2.45) is 10.8 Å². The quantitative estimate of drug-likeness (QED) is 0.697. The molecule has 0 aromatic heterocycles. The molecule has 1 heterocycles. The Balaban J connectivity index is 2.50. The van der Waals surface area contributed by atoms with Gasteiger partial charge < -0.3 is 5.73 Å². The van der Waals surface area contributed by atoms with E-state index in [1.54, 1.807) is 11.2 Å². The van der Waals surface area contributed by atoms with Crippen LogP contribution in [0.15, 0.2) is 35.4 Å². The average Bonchev–Trinajstić information content (AvgIpc) is 2.39.